The van der Waals surface area contributed by atoms with Crippen molar-refractivity contribution in [1.29, 1.82) is 0 Å². The van der Waals surface area contributed by atoms with Crippen molar-refractivity contribution >= 4 is 29.0 Å². The van der Waals surface area contributed by atoms with Gasteiger partial charge in [0.15, 0.2) is 0 Å². The summed E-state index contributed by atoms with van der Waals surface area (Å²) in [6.07, 6.45) is 1.75. The van der Waals surface area contributed by atoms with Crippen LogP contribution in [-0.4, -0.2) is 16.0 Å². The lowest BCUT2D eigenvalue weighted by Crippen LogP contribution is -2.27. The Bertz CT molecular complexity index is 1130. The van der Waals surface area contributed by atoms with Gasteiger partial charge in [-0.1, -0.05) is 71.8 Å². The van der Waals surface area contributed by atoms with Gasteiger partial charge in [-0.3, -0.25) is 14.5 Å². The van der Waals surface area contributed by atoms with Gasteiger partial charge in [0.1, 0.15) is 12.4 Å². The average molecular weight is 430 g/mol. The summed E-state index contributed by atoms with van der Waals surface area (Å²) in [7, 11) is 0. The number of amides is 2. The highest BCUT2D eigenvalue weighted by Gasteiger charge is 2.34. The lowest BCUT2D eigenvalue weighted by Gasteiger charge is -2.12. The number of carbonyl (C=O) groups is 2. The Morgan fingerprint density at radius 2 is 1.61 bits per heavy atom. The number of rotatable bonds is 6. The summed E-state index contributed by atoms with van der Waals surface area (Å²) in [6.45, 7) is 4.85. The summed E-state index contributed by atoms with van der Waals surface area (Å²) >= 11 is 0.979. The molecule has 4 nitrogen and oxygen atoms in total. The van der Waals surface area contributed by atoms with Gasteiger partial charge in [0.25, 0.3) is 11.1 Å². The monoisotopic (exact) mass is 429 g/mol. The molecular weight excluding hydrogens is 406 g/mol. The molecule has 1 heterocycles. The molecule has 0 atom stereocenters. The molecule has 0 aromatic heterocycles. The molecule has 5 heteroatoms. The van der Waals surface area contributed by atoms with Gasteiger partial charge in [0.05, 0.1) is 11.4 Å². The van der Waals surface area contributed by atoms with Crippen molar-refractivity contribution in [2.45, 2.75) is 27.0 Å². The fourth-order valence-corrected chi connectivity index (χ4v) is 4.13. The summed E-state index contributed by atoms with van der Waals surface area (Å²) in [5.74, 6) is 0.501. The third-order valence-electron chi connectivity index (χ3n) is 5.00. The number of imide groups is 1. The minimum atomic E-state index is -0.254. The number of benzene rings is 3. The second kappa shape index (κ2) is 9.23. The van der Waals surface area contributed by atoms with Gasteiger partial charge in [0, 0.05) is 0 Å². The van der Waals surface area contributed by atoms with Crippen molar-refractivity contribution in [2.24, 2.45) is 0 Å². The maximum atomic E-state index is 12.7. The highest BCUT2D eigenvalue weighted by atomic mass is 32.2. The van der Waals surface area contributed by atoms with Crippen LogP contribution >= 0.6 is 11.8 Å². The van der Waals surface area contributed by atoms with Crippen LogP contribution in [0.4, 0.5) is 4.79 Å². The largest absolute Gasteiger partial charge is 0.489 e. The van der Waals surface area contributed by atoms with E-state index in [0.29, 0.717) is 11.5 Å². The molecule has 0 spiro atoms. The molecule has 3 aromatic rings. The van der Waals surface area contributed by atoms with Crippen LogP contribution < -0.4 is 4.74 Å². The van der Waals surface area contributed by atoms with Crippen molar-refractivity contribution < 1.29 is 14.3 Å². The van der Waals surface area contributed by atoms with Gasteiger partial charge in [-0.25, -0.2) is 0 Å². The predicted molar refractivity (Wildman–Crippen MR) is 125 cm³/mol. The zero-order valence-electron chi connectivity index (χ0n) is 17.5. The van der Waals surface area contributed by atoms with E-state index in [1.165, 1.54) is 10.5 Å². The Kier molecular flexibility index (Phi) is 6.23. The molecule has 156 valence electrons. The van der Waals surface area contributed by atoms with Crippen LogP contribution in [0, 0.1) is 13.8 Å². The van der Waals surface area contributed by atoms with Crippen LogP contribution in [0.2, 0.25) is 0 Å². The first-order valence-electron chi connectivity index (χ1n) is 10.1. The first kappa shape index (κ1) is 20.9. The maximum Gasteiger partial charge on any atom is 0.293 e. The number of hydrogen-bond acceptors (Lipinski definition) is 4. The van der Waals surface area contributed by atoms with Crippen LogP contribution in [0.25, 0.3) is 6.08 Å². The molecule has 0 aliphatic carbocycles. The van der Waals surface area contributed by atoms with E-state index in [-0.39, 0.29) is 17.7 Å². The molecule has 31 heavy (non-hydrogen) atoms. The molecule has 0 radical (unpaired) electrons. The van der Waals surface area contributed by atoms with Gasteiger partial charge in [-0.05, 0) is 60.5 Å². The zero-order valence-corrected chi connectivity index (χ0v) is 18.3. The summed E-state index contributed by atoms with van der Waals surface area (Å²) in [4.78, 5) is 26.8. The molecule has 3 aromatic carbocycles. The Hall–Kier alpha value is -3.31. The molecule has 0 saturated carbocycles. The second-order valence-corrected chi connectivity index (χ2v) is 8.59. The number of carbonyl (C=O) groups excluding carboxylic acids is 2. The van der Waals surface area contributed by atoms with Crippen molar-refractivity contribution in [3.8, 4) is 5.75 Å². The Labute approximate surface area is 186 Å². The van der Waals surface area contributed by atoms with E-state index in [1.54, 1.807) is 6.08 Å². The Balaban J connectivity index is 1.40. The van der Waals surface area contributed by atoms with Crippen LogP contribution in [0.3, 0.4) is 0 Å². The molecule has 1 fully saturated rings. The highest BCUT2D eigenvalue weighted by molar-refractivity contribution is 8.18. The lowest BCUT2D eigenvalue weighted by atomic mass is 10.1. The molecule has 0 bridgehead atoms. The molecule has 1 aliphatic rings. The van der Waals surface area contributed by atoms with Gasteiger partial charge >= 0.3 is 0 Å². The van der Waals surface area contributed by atoms with Gasteiger partial charge in [0.2, 0.25) is 0 Å². The van der Waals surface area contributed by atoms with E-state index in [4.69, 9.17) is 4.74 Å². The minimum absolute atomic E-state index is 0.241. The number of ether oxygens (including phenoxy) is 1. The fraction of sp³-hybridized carbons (Fsp3) is 0.154. The molecule has 0 unspecified atom stereocenters. The zero-order chi connectivity index (χ0) is 21.8. The first-order valence-corrected chi connectivity index (χ1v) is 10.9. The van der Waals surface area contributed by atoms with Gasteiger partial charge in [-0.2, -0.15) is 0 Å². The van der Waals surface area contributed by atoms with Crippen LogP contribution in [0.15, 0.2) is 77.7 Å². The molecular formula is C26H23NO3S. The fourth-order valence-electron chi connectivity index (χ4n) is 3.29. The van der Waals surface area contributed by atoms with E-state index >= 15 is 0 Å². The molecule has 1 saturated heterocycles. The Morgan fingerprint density at radius 1 is 0.871 bits per heavy atom. The summed E-state index contributed by atoms with van der Waals surface area (Å²) < 4.78 is 5.85. The number of nitrogens with zero attached hydrogens (tertiary/aromatic N) is 1. The van der Waals surface area contributed by atoms with Crippen LogP contribution in [0.5, 0.6) is 5.75 Å². The second-order valence-electron chi connectivity index (χ2n) is 7.60. The SMILES string of the molecule is Cc1ccc(CN2C(=O)S/C(=C\c3ccc(OCc4cccc(C)c4)cc3)C2=O)cc1. The molecule has 2 amide bonds. The topological polar surface area (TPSA) is 46.6 Å². The molecule has 0 N–H and O–H groups in total. The molecule has 1 aliphatic heterocycles. The van der Waals surface area contributed by atoms with E-state index in [1.807, 2.05) is 67.6 Å². The smallest absolute Gasteiger partial charge is 0.293 e. The van der Waals surface area contributed by atoms with Crippen LogP contribution in [-0.2, 0) is 17.9 Å². The number of hydrogen-bond donors (Lipinski definition) is 0. The van der Waals surface area contributed by atoms with E-state index in [9.17, 15) is 9.59 Å². The quantitative estimate of drug-likeness (QED) is 0.443. The minimum Gasteiger partial charge on any atom is -0.489 e. The van der Waals surface area contributed by atoms with Crippen molar-refractivity contribution in [1.82, 2.24) is 4.90 Å². The van der Waals surface area contributed by atoms with E-state index in [2.05, 4.69) is 19.1 Å². The highest BCUT2D eigenvalue weighted by Crippen LogP contribution is 2.33. The van der Waals surface area contributed by atoms with Crippen molar-refractivity contribution in [3.05, 3.63) is 106 Å². The number of thioether (sulfide) groups is 1. The normalized spacial score (nSPS) is 15.0. The summed E-state index contributed by atoms with van der Waals surface area (Å²) in [5, 5.41) is -0.241. The maximum absolute atomic E-state index is 12.7. The Morgan fingerprint density at radius 3 is 2.32 bits per heavy atom. The lowest BCUT2D eigenvalue weighted by molar-refractivity contribution is -0.123. The van der Waals surface area contributed by atoms with E-state index < -0.39 is 0 Å². The average Bonchev–Trinajstić information content (AvgIpc) is 3.02. The van der Waals surface area contributed by atoms with Crippen molar-refractivity contribution in [2.75, 3.05) is 0 Å². The third kappa shape index (κ3) is 5.25. The summed E-state index contributed by atoms with van der Waals surface area (Å²) in [6, 6.07) is 23.6. The predicted octanol–water partition coefficient (Wildman–Crippen LogP) is 6.12. The van der Waals surface area contributed by atoms with Crippen LogP contribution in [0.1, 0.15) is 27.8 Å². The molecule has 4 rings (SSSR count). The first-order chi connectivity index (χ1) is 15.0. The van der Waals surface area contributed by atoms with Crippen molar-refractivity contribution in [3.63, 3.8) is 0 Å². The number of aryl methyl sites for hydroxylation is 2. The standard InChI is InChI=1S/C26H23NO3S/c1-18-6-8-21(9-7-18)16-27-25(28)24(31-26(27)29)15-20-10-12-23(13-11-20)30-17-22-5-3-4-19(2)14-22/h3-15H,16-17H2,1-2H3/b24-15-. The van der Waals surface area contributed by atoms with Gasteiger partial charge in [-0.15, -0.1) is 0 Å². The van der Waals surface area contributed by atoms with E-state index in [0.717, 1.165) is 39.8 Å². The van der Waals surface area contributed by atoms with Gasteiger partial charge < -0.3 is 4.74 Å². The third-order valence-corrected chi connectivity index (χ3v) is 5.91. The summed E-state index contributed by atoms with van der Waals surface area (Å²) in [5.41, 5.74) is 5.25.